The Labute approximate surface area is 141 Å². The molecule has 0 bridgehead atoms. The van der Waals surface area contributed by atoms with Crippen molar-refractivity contribution in [1.29, 1.82) is 0 Å². The Kier molecular flexibility index (Phi) is 6.06. The van der Waals surface area contributed by atoms with Gasteiger partial charge in [-0.1, -0.05) is 47.1 Å². The molecule has 114 valence electrons. The largest absolute Gasteiger partial charge is 0.507 e. The number of hydrazone groups is 1. The lowest BCUT2D eigenvalue weighted by Crippen LogP contribution is -2.19. The maximum Gasteiger partial charge on any atom is 0.250 e. The first kappa shape index (κ1) is 16.6. The van der Waals surface area contributed by atoms with Gasteiger partial charge in [-0.2, -0.15) is 5.10 Å². The van der Waals surface area contributed by atoms with E-state index in [1.54, 1.807) is 24.3 Å². The van der Waals surface area contributed by atoms with Gasteiger partial charge >= 0.3 is 0 Å². The lowest BCUT2D eigenvalue weighted by Gasteiger charge is -2.02. The van der Waals surface area contributed by atoms with Crippen molar-refractivity contribution in [3.05, 3.63) is 52.1 Å². The van der Waals surface area contributed by atoms with Gasteiger partial charge in [-0.05, 0) is 18.2 Å². The summed E-state index contributed by atoms with van der Waals surface area (Å²) >= 11 is 12.8. The first-order chi connectivity index (χ1) is 10.6. The molecule has 1 aromatic heterocycles. The molecule has 2 aromatic rings. The number of para-hydroxylation sites is 1. The van der Waals surface area contributed by atoms with Crippen molar-refractivity contribution in [2.24, 2.45) is 5.10 Å². The molecule has 0 spiro atoms. The third kappa shape index (κ3) is 4.91. The van der Waals surface area contributed by atoms with Gasteiger partial charge in [-0.25, -0.2) is 10.4 Å². The Morgan fingerprint density at radius 1 is 1.36 bits per heavy atom. The second kappa shape index (κ2) is 8.03. The van der Waals surface area contributed by atoms with Crippen LogP contribution in [0.25, 0.3) is 0 Å². The van der Waals surface area contributed by atoms with E-state index in [-0.39, 0.29) is 17.4 Å². The van der Waals surface area contributed by atoms with E-state index in [4.69, 9.17) is 23.2 Å². The molecule has 0 aliphatic rings. The van der Waals surface area contributed by atoms with Gasteiger partial charge in [0.25, 0.3) is 0 Å². The number of hydrogen-bond acceptors (Lipinski definition) is 5. The molecule has 2 rings (SSSR count). The first-order valence-electron chi connectivity index (χ1n) is 6.10. The molecular weight excluding hydrogens is 345 g/mol. The molecule has 1 amide bonds. The van der Waals surface area contributed by atoms with Gasteiger partial charge in [0.1, 0.15) is 5.75 Å². The number of rotatable bonds is 5. The molecule has 0 unspecified atom stereocenters. The predicted octanol–water partition coefficient (Wildman–Crippen LogP) is 3.34. The smallest absolute Gasteiger partial charge is 0.250 e. The van der Waals surface area contributed by atoms with E-state index in [1.165, 1.54) is 30.2 Å². The fourth-order valence-corrected chi connectivity index (χ4v) is 2.41. The van der Waals surface area contributed by atoms with Crippen LogP contribution in [0.4, 0.5) is 0 Å². The van der Waals surface area contributed by atoms with Crippen LogP contribution in [-0.4, -0.2) is 28.0 Å². The van der Waals surface area contributed by atoms with Crippen molar-refractivity contribution in [2.45, 2.75) is 5.03 Å². The standard InChI is InChI=1S/C14H11Cl2N3O2S/c15-10-5-14(17-7-11(10)16)22-8-13(21)19-18-6-9-3-1-2-4-12(9)20/h1-7,20H,8H2,(H,19,21)/b18-6+. The topological polar surface area (TPSA) is 74.6 Å². The van der Waals surface area contributed by atoms with Crippen molar-refractivity contribution in [1.82, 2.24) is 10.4 Å². The minimum Gasteiger partial charge on any atom is -0.507 e. The molecule has 22 heavy (non-hydrogen) atoms. The average molecular weight is 356 g/mol. The molecule has 2 N–H and O–H groups in total. The number of carbonyl (C=O) groups excluding carboxylic acids is 1. The normalized spacial score (nSPS) is 10.8. The first-order valence-corrected chi connectivity index (χ1v) is 7.84. The van der Waals surface area contributed by atoms with Crippen LogP contribution in [0.15, 0.2) is 46.7 Å². The number of thioether (sulfide) groups is 1. The minimum absolute atomic E-state index is 0.0925. The van der Waals surface area contributed by atoms with Crippen LogP contribution in [0.5, 0.6) is 5.75 Å². The van der Waals surface area contributed by atoms with E-state index in [0.717, 1.165) is 0 Å². The van der Waals surface area contributed by atoms with Crippen molar-refractivity contribution in [3.63, 3.8) is 0 Å². The Morgan fingerprint density at radius 3 is 2.86 bits per heavy atom. The van der Waals surface area contributed by atoms with Crippen LogP contribution in [0.1, 0.15) is 5.56 Å². The van der Waals surface area contributed by atoms with Gasteiger partial charge in [0.2, 0.25) is 5.91 Å². The molecule has 8 heteroatoms. The number of aromatic nitrogens is 1. The highest BCUT2D eigenvalue weighted by Gasteiger charge is 2.05. The summed E-state index contributed by atoms with van der Waals surface area (Å²) in [6.45, 7) is 0. The fraction of sp³-hybridized carbons (Fsp3) is 0.0714. The predicted molar refractivity (Wildman–Crippen MR) is 88.8 cm³/mol. The number of nitrogens with zero attached hydrogens (tertiary/aromatic N) is 2. The van der Waals surface area contributed by atoms with Crippen LogP contribution < -0.4 is 5.43 Å². The number of hydrogen-bond donors (Lipinski definition) is 2. The van der Waals surface area contributed by atoms with Crippen molar-refractivity contribution in [3.8, 4) is 5.75 Å². The quantitative estimate of drug-likeness (QED) is 0.490. The highest BCUT2D eigenvalue weighted by atomic mass is 35.5. The lowest BCUT2D eigenvalue weighted by molar-refractivity contribution is -0.118. The van der Waals surface area contributed by atoms with Gasteiger partial charge in [-0.3, -0.25) is 4.79 Å². The summed E-state index contributed by atoms with van der Waals surface area (Å²) in [4.78, 5) is 15.7. The molecule has 0 saturated heterocycles. The van der Waals surface area contributed by atoms with Crippen molar-refractivity contribution < 1.29 is 9.90 Å². The molecule has 1 heterocycles. The zero-order valence-corrected chi connectivity index (χ0v) is 13.5. The second-order valence-corrected chi connectivity index (χ2v) is 5.89. The van der Waals surface area contributed by atoms with Crippen LogP contribution in [0, 0.1) is 0 Å². The van der Waals surface area contributed by atoms with Crippen molar-refractivity contribution in [2.75, 3.05) is 5.75 Å². The molecule has 1 aromatic carbocycles. The molecule has 5 nitrogen and oxygen atoms in total. The second-order valence-electron chi connectivity index (χ2n) is 4.08. The monoisotopic (exact) mass is 355 g/mol. The van der Waals surface area contributed by atoms with Crippen LogP contribution in [-0.2, 0) is 4.79 Å². The molecule has 0 atom stereocenters. The summed E-state index contributed by atoms with van der Waals surface area (Å²) in [6, 6.07) is 8.27. The minimum atomic E-state index is -0.301. The van der Waals surface area contributed by atoms with Gasteiger partial charge in [0, 0.05) is 11.8 Å². The molecular formula is C14H11Cl2N3O2S. The number of benzene rings is 1. The maximum atomic E-state index is 11.6. The summed E-state index contributed by atoms with van der Waals surface area (Å²) in [7, 11) is 0. The number of halogens is 2. The molecule has 0 saturated carbocycles. The number of amides is 1. The summed E-state index contributed by atoms with van der Waals surface area (Å²) < 4.78 is 0. The van der Waals surface area contributed by atoms with E-state index >= 15 is 0 Å². The number of nitrogens with one attached hydrogen (secondary N) is 1. The Hall–Kier alpha value is -1.76. The molecule has 0 aliphatic heterocycles. The Morgan fingerprint density at radius 2 is 2.14 bits per heavy atom. The maximum absolute atomic E-state index is 11.6. The molecule has 0 radical (unpaired) electrons. The number of phenols is 1. The Balaban J connectivity index is 1.83. The van der Waals surface area contributed by atoms with Crippen LogP contribution >= 0.6 is 35.0 Å². The van der Waals surface area contributed by atoms with E-state index < -0.39 is 0 Å². The summed E-state index contributed by atoms with van der Waals surface area (Å²) in [5.74, 6) is -0.0808. The molecule has 0 aliphatic carbocycles. The van der Waals surface area contributed by atoms with Crippen LogP contribution in [0.2, 0.25) is 10.0 Å². The van der Waals surface area contributed by atoms with Gasteiger partial charge in [0.05, 0.1) is 27.0 Å². The van der Waals surface area contributed by atoms with Crippen molar-refractivity contribution >= 4 is 47.1 Å². The third-order valence-electron chi connectivity index (χ3n) is 2.46. The summed E-state index contributed by atoms with van der Waals surface area (Å²) in [5, 5.41) is 14.7. The number of aromatic hydroxyl groups is 1. The number of carbonyl (C=O) groups is 1. The SMILES string of the molecule is O=C(CSc1cc(Cl)c(Cl)cn1)N/N=C/c1ccccc1O. The average Bonchev–Trinajstić information content (AvgIpc) is 2.50. The van der Waals surface area contributed by atoms with E-state index in [0.29, 0.717) is 20.6 Å². The van der Waals surface area contributed by atoms with Gasteiger partial charge in [-0.15, -0.1) is 0 Å². The summed E-state index contributed by atoms with van der Waals surface area (Å²) in [6.07, 6.45) is 2.80. The van der Waals surface area contributed by atoms with Gasteiger partial charge in [0.15, 0.2) is 0 Å². The fourth-order valence-electron chi connectivity index (χ4n) is 1.42. The number of pyridine rings is 1. The highest BCUT2D eigenvalue weighted by Crippen LogP contribution is 2.25. The number of phenolic OH excluding ortho intramolecular Hbond substituents is 1. The summed E-state index contributed by atoms with van der Waals surface area (Å²) in [5.41, 5.74) is 2.88. The third-order valence-corrected chi connectivity index (χ3v) is 4.10. The Bertz CT molecular complexity index is 710. The highest BCUT2D eigenvalue weighted by molar-refractivity contribution is 7.99. The van der Waals surface area contributed by atoms with Gasteiger partial charge < -0.3 is 5.11 Å². The van der Waals surface area contributed by atoms with Crippen LogP contribution in [0.3, 0.4) is 0 Å². The zero-order chi connectivity index (χ0) is 15.9. The molecule has 0 fully saturated rings. The lowest BCUT2D eigenvalue weighted by atomic mass is 10.2. The van der Waals surface area contributed by atoms with E-state index in [2.05, 4.69) is 15.5 Å². The van der Waals surface area contributed by atoms with E-state index in [9.17, 15) is 9.90 Å². The van der Waals surface area contributed by atoms with E-state index in [1.807, 2.05) is 0 Å². The zero-order valence-electron chi connectivity index (χ0n) is 11.2.